The van der Waals surface area contributed by atoms with Crippen LogP contribution in [0.25, 0.3) is 0 Å². The second kappa shape index (κ2) is 7.43. The van der Waals surface area contributed by atoms with Crippen molar-refractivity contribution in [1.82, 2.24) is 4.98 Å². The Bertz CT molecular complexity index is 907. The number of aryl methyl sites for hydroxylation is 1. The normalized spacial score (nSPS) is 21.5. The molecule has 0 saturated carbocycles. The average Bonchev–Trinajstić information content (AvgIpc) is 2.83. The zero-order valence-corrected chi connectivity index (χ0v) is 16.6. The lowest BCUT2D eigenvalue weighted by Gasteiger charge is -2.37. The number of hydrogen-bond donors (Lipinski definition) is 2. The third-order valence-corrected chi connectivity index (χ3v) is 5.44. The molecule has 0 radical (unpaired) electrons. The van der Waals surface area contributed by atoms with E-state index in [0.717, 1.165) is 6.07 Å². The summed E-state index contributed by atoms with van der Waals surface area (Å²) >= 11 is 0. The molecule has 29 heavy (non-hydrogen) atoms. The molecule has 1 aliphatic heterocycles. The molecule has 5 nitrogen and oxygen atoms in total. The summed E-state index contributed by atoms with van der Waals surface area (Å²) in [5.41, 5.74) is -1.35. The molecule has 2 N–H and O–H groups in total. The number of alkyl halides is 3. The molecule has 0 bridgehead atoms. The Labute approximate surface area is 168 Å². The average molecular weight is 407 g/mol. The van der Waals surface area contributed by atoms with Gasteiger partial charge in [0.2, 0.25) is 0 Å². The van der Waals surface area contributed by atoms with Crippen LogP contribution >= 0.6 is 0 Å². The SMILES string of the molecule is Cc1cc(B2OC(C)(C)C(C)(Cc3ccccc3B(O)O)O2)cc(C(F)(F)F)n1. The molecule has 1 aromatic heterocycles. The predicted molar refractivity (Wildman–Crippen MR) is 104 cm³/mol. The highest BCUT2D eigenvalue weighted by Gasteiger charge is 2.55. The lowest BCUT2D eigenvalue weighted by Crippen LogP contribution is -2.48. The number of aromatic nitrogens is 1. The van der Waals surface area contributed by atoms with E-state index in [1.165, 1.54) is 13.0 Å². The van der Waals surface area contributed by atoms with Crippen molar-refractivity contribution in [3.05, 3.63) is 53.3 Å². The van der Waals surface area contributed by atoms with Gasteiger partial charge in [0.25, 0.3) is 0 Å². The molecule has 1 aliphatic rings. The Morgan fingerprint density at radius 3 is 2.38 bits per heavy atom. The van der Waals surface area contributed by atoms with E-state index in [4.69, 9.17) is 9.31 Å². The van der Waals surface area contributed by atoms with Crippen LogP contribution < -0.4 is 10.9 Å². The van der Waals surface area contributed by atoms with Gasteiger partial charge in [-0.2, -0.15) is 13.2 Å². The van der Waals surface area contributed by atoms with Gasteiger partial charge in [0, 0.05) is 12.1 Å². The topological polar surface area (TPSA) is 71.8 Å². The van der Waals surface area contributed by atoms with Crippen LogP contribution in [0, 0.1) is 6.92 Å². The minimum absolute atomic E-state index is 0.210. The standard InChI is InChI=1S/C19H22B2F3NO4/c1-12-9-14(10-16(25-12)19(22,23)24)21-28-17(2,3)18(4,29-21)11-13-7-5-6-8-15(13)20(26)27/h5-10,26-27H,11H2,1-4H3. The molecule has 1 aromatic carbocycles. The van der Waals surface area contributed by atoms with Crippen molar-refractivity contribution in [3.63, 3.8) is 0 Å². The van der Waals surface area contributed by atoms with Gasteiger partial charge < -0.3 is 19.4 Å². The van der Waals surface area contributed by atoms with E-state index in [0.29, 0.717) is 11.0 Å². The van der Waals surface area contributed by atoms with E-state index < -0.39 is 37.3 Å². The van der Waals surface area contributed by atoms with Crippen LogP contribution in [0.3, 0.4) is 0 Å². The Hall–Kier alpha value is -1.87. The molecule has 154 valence electrons. The molecule has 1 fully saturated rings. The van der Waals surface area contributed by atoms with Crippen molar-refractivity contribution in [3.8, 4) is 0 Å². The lowest BCUT2D eigenvalue weighted by molar-refractivity contribution is -0.141. The maximum absolute atomic E-state index is 13.2. The molecule has 1 saturated heterocycles. The first-order valence-corrected chi connectivity index (χ1v) is 9.18. The zero-order chi connectivity index (χ0) is 21.6. The number of halogens is 3. The molecule has 3 rings (SSSR count). The molecular formula is C19H22B2F3NO4. The van der Waals surface area contributed by atoms with Crippen molar-refractivity contribution in [1.29, 1.82) is 0 Å². The van der Waals surface area contributed by atoms with E-state index in [9.17, 15) is 23.2 Å². The summed E-state index contributed by atoms with van der Waals surface area (Å²) in [6.45, 7) is 6.87. The Balaban J connectivity index is 1.94. The van der Waals surface area contributed by atoms with Gasteiger partial charge >= 0.3 is 20.4 Å². The summed E-state index contributed by atoms with van der Waals surface area (Å²) in [6.07, 6.45) is -4.30. The highest BCUT2D eigenvalue weighted by molar-refractivity contribution is 6.62. The summed E-state index contributed by atoms with van der Waals surface area (Å²) in [5, 5.41) is 19.3. The molecule has 2 aromatic rings. The van der Waals surface area contributed by atoms with Crippen LogP contribution in [-0.4, -0.2) is 40.5 Å². The highest BCUT2D eigenvalue weighted by atomic mass is 19.4. The molecule has 10 heteroatoms. The minimum atomic E-state index is -4.58. The number of benzene rings is 1. The second-order valence-electron chi connectivity index (χ2n) is 7.98. The molecule has 0 amide bonds. The number of nitrogens with zero attached hydrogens (tertiary/aromatic N) is 1. The van der Waals surface area contributed by atoms with E-state index in [1.807, 2.05) is 0 Å². The van der Waals surface area contributed by atoms with Crippen LogP contribution in [0.1, 0.15) is 37.7 Å². The van der Waals surface area contributed by atoms with Crippen molar-refractivity contribution >= 4 is 25.2 Å². The molecule has 0 aliphatic carbocycles. The third kappa shape index (κ3) is 4.35. The van der Waals surface area contributed by atoms with Gasteiger partial charge in [-0.05, 0) is 56.3 Å². The fourth-order valence-corrected chi connectivity index (χ4v) is 3.47. The quantitative estimate of drug-likeness (QED) is 0.755. The summed E-state index contributed by atoms with van der Waals surface area (Å²) in [5.74, 6) is 0. The van der Waals surface area contributed by atoms with E-state index in [1.54, 1.807) is 45.0 Å². The largest absolute Gasteiger partial charge is 0.494 e. The van der Waals surface area contributed by atoms with E-state index in [2.05, 4.69) is 4.98 Å². The first-order chi connectivity index (χ1) is 13.3. The van der Waals surface area contributed by atoms with Crippen molar-refractivity contribution in [2.24, 2.45) is 0 Å². The Morgan fingerprint density at radius 2 is 1.76 bits per heavy atom. The fraction of sp³-hybridized carbons (Fsp3) is 0.421. The highest BCUT2D eigenvalue weighted by Crippen LogP contribution is 2.39. The van der Waals surface area contributed by atoms with Crippen molar-refractivity contribution in [2.75, 3.05) is 0 Å². The summed E-state index contributed by atoms with van der Waals surface area (Å²) < 4.78 is 51.6. The van der Waals surface area contributed by atoms with Crippen LogP contribution in [0.15, 0.2) is 36.4 Å². The fourth-order valence-electron chi connectivity index (χ4n) is 3.47. The first-order valence-electron chi connectivity index (χ1n) is 9.18. The number of rotatable bonds is 4. The molecular weight excluding hydrogens is 385 g/mol. The number of pyridine rings is 1. The third-order valence-electron chi connectivity index (χ3n) is 5.44. The molecule has 0 spiro atoms. The first kappa shape index (κ1) is 21.8. The number of hydrogen-bond acceptors (Lipinski definition) is 5. The lowest BCUT2D eigenvalue weighted by atomic mass is 9.72. The predicted octanol–water partition coefficient (Wildman–Crippen LogP) is 1.61. The summed E-state index contributed by atoms with van der Waals surface area (Å²) in [4.78, 5) is 3.56. The van der Waals surface area contributed by atoms with Gasteiger partial charge in [-0.3, -0.25) is 0 Å². The van der Waals surface area contributed by atoms with Crippen LogP contribution in [0.2, 0.25) is 0 Å². The maximum atomic E-state index is 13.2. The second-order valence-corrected chi connectivity index (χ2v) is 7.98. The smallest absolute Gasteiger partial charge is 0.423 e. The van der Waals surface area contributed by atoms with Crippen LogP contribution in [0.4, 0.5) is 13.2 Å². The van der Waals surface area contributed by atoms with Crippen LogP contribution in [-0.2, 0) is 21.9 Å². The maximum Gasteiger partial charge on any atom is 0.494 e. The minimum Gasteiger partial charge on any atom is -0.423 e. The van der Waals surface area contributed by atoms with Crippen molar-refractivity contribution in [2.45, 2.75) is 51.5 Å². The summed E-state index contributed by atoms with van der Waals surface area (Å²) in [7, 11) is -2.66. The molecule has 1 unspecified atom stereocenters. The van der Waals surface area contributed by atoms with Crippen molar-refractivity contribution < 1.29 is 32.5 Å². The molecule has 1 atom stereocenters. The van der Waals surface area contributed by atoms with Gasteiger partial charge in [-0.25, -0.2) is 4.98 Å². The van der Waals surface area contributed by atoms with Gasteiger partial charge in [0.05, 0.1) is 11.2 Å². The van der Waals surface area contributed by atoms with Gasteiger partial charge in [-0.15, -0.1) is 0 Å². The van der Waals surface area contributed by atoms with Gasteiger partial charge in [0.15, 0.2) is 0 Å². The zero-order valence-electron chi connectivity index (χ0n) is 16.6. The van der Waals surface area contributed by atoms with Gasteiger partial charge in [0.1, 0.15) is 5.69 Å². The summed E-state index contributed by atoms with van der Waals surface area (Å²) in [6, 6.07) is 9.26. The van der Waals surface area contributed by atoms with Crippen LogP contribution in [0.5, 0.6) is 0 Å². The monoisotopic (exact) mass is 407 g/mol. The Morgan fingerprint density at radius 1 is 1.10 bits per heavy atom. The molecule has 2 heterocycles. The van der Waals surface area contributed by atoms with E-state index in [-0.39, 0.29) is 17.6 Å². The van der Waals surface area contributed by atoms with Gasteiger partial charge in [-0.1, -0.05) is 24.3 Å². The van der Waals surface area contributed by atoms with E-state index >= 15 is 0 Å². The Kier molecular flexibility index (Phi) is 5.59.